The van der Waals surface area contributed by atoms with Gasteiger partial charge in [0.05, 0.1) is 11.7 Å². The van der Waals surface area contributed by atoms with Crippen molar-refractivity contribution < 1.29 is 9.59 Å². The van der Waals surface area contributed by atoms with Crippen molar-refractivity contribution in [1.29, 1.82) is 0 Å². The van der Waals surface area contributed by atoms with Gasteiger partial charge in [0, 0.05) is 36.0 Å². The summed E-state index contributed by atoms with van der Waals surface area (Å²) in [6.45, 7) is 4.52. The third-order valence-corrected chi connectivity index (χ3v) is 7.47. The third-order valence-electron chi connectivity index (χ3n) is 6.27. The summed E-state index contributed by atoms with van der Waals surface area (Å²) in [6, 6.07) is 7.46. The predicted octanol–water partition coefficient (Wildman–Crippen LogP) is 4.03. The molecule has 4 rings (SSSR count). The van der Waals surface area contributed by atoms with Gasteiger partial charge in [0.15, 0.2) is 0 Å². The zero-order valence-corrected chi connectivity index (χ0v) is 20.0. The lowest BCUT2D eigenvalue weighted by Gasteiger charge is -2.12. The van der Waals surface area contributed by atoms with Gasteiger partial charge in [-0.3, -0.25) is 19.0 Å². The molecule has 2 amide bonds. The molecule has 1 aliphatic carbocycles. The van der Waals surface area contributed by atoms with Crippen LogP contribution in [0.2, 0.25) is 0 Å². The minimum absolute atomic E-state index is 0.0124. The van der Waals surface area contributed by atoms with E-state index in [-0.39, 0.29) is 29.7 Å². The topological polar surface area (TPSA) is 93.1 Å². The maximum Gasteiger partial charge on any atom is 0.262 e. The highest BCUT2D eigenvalue weighted by molar-refractivity contribution is 7.18. The summed E-state index contributed by atoms with van der Waals surface area (Å²) in [5, 5.41) is 6.56. The molecule has 3 aromatic rings. The summed E-state index contributed by atoms with van der Waals surface area (Å²) in [5.74, 6) is -0.199. The van der Waals surface area contributed by atoms with Crippen LogP contribution in [-0.2, 0) is 35.5 Å². The smallest absolute Gasteiger partial charge is 0.262 e. The van der Waals surface area contributed by atoms with E-state index in [1.165, 1.54) is 11.3 Å². The van der Waals surface area contributed by atoms with Gasteiger partial charge in [-0.25, -0.2) is 4.98 Å². The van der Waals surface area contributed by atoms with Crippen molar-refractivity contribution in [3.05, 3.63) is 57.0 Å². The molecule has 33 heavy (non-hydrogen) atoms. The Balaban J connectivity index is 1.34. The number of carbonyl (C=O) groups excluding carboxylic acids is 2. The first-order chi connectivity index (χ1) is 16.0. The van der Waals surface area contributed by atoms with E-state index in [4.69, 9.17) is 0 Å². The van der Waals surface area contributed by atoms with Crippen molar-refractivity contribution >= 4 is 39.1 Å². The summed E-state index contributed by atoms with van der Waals surface area (Å²) in [4.78, 5) is 44.1. The second kappa shape index (κ2) is 10.3. The van der Waals surface area contributed by atoms with Crippen LogP contribution < -0.4 is 16.2 Å². The van der Waals surface area contributed by atoms with Crippen molar-refractivity contribution in [1.82, 2.24) is 14.9 Å². The molecule has 174 valence electrons. The third kappa shape index (κ3) is 5.33. The Labute approximate surface area is 197 Å². The van der Waals surface area contributed by atoms with Gasteiger partial charge in [0.25, 0.3) is 5.56 Å². The molecule has 0 radical (unpaired) electrons. The minimum atomic E-state index is -0.136. The van der Waals surface area contributed by atoms with Crippen molar-refractivity contribution in [2.24, 2.45) is 5.92 Å². The van der Waals surface area contributed by atoms with E-state index < -0.39 is 0 Å². The van der Waals surface area contributed by atoms with E-state index in [1.54, 1.807) is 22.2 Å². The van der Waals surface area contributed by atoms with Crippen LogP contribution in [0.15, 0.2) is 35.4 Å². The van der Waals surface area contributed by atoms with E-state index in [9.17, 15) is 14.4 Å². The molecule has 0 saturated heterocycles. The highest BCUT2D eigenvalue weighted by Gasteiger charge is 2.20. The van der Waals surface area contributed by atoms with E-state index in [0.29, 0.717) is 13.1 Å². The van der Waals surface area contributed by atoms with Gasteiger partial charge < -0.3 is 10.6 Å². The molecule has 0 bridgehead atoms. The quantitative estimate of drug-likeness (QED) is 0.524. The molecule has 0 spiro atoms. The van der Waals surface area contributed by atoms with Crippen LogP contribution in [0.25, 0.3) is 10.2 Å². The lowest BCUT2D eigenvalue weighted by atomic mass is 9.97. The van der Waals surface area contributed by atoms with Crippen LogP contribution in [0.4, 0.5) is 5.69 Å². The highest BCUT2D eigenvalue weighted by atomic mass is 32.1. The molecule has 1 aromatic carbocycles. The second-order valence-corrected chi connectivity index (χ2v) is 9.74. The lowest BCUT2D eigenvalue weighted by molar-refractivity contribution is -0.121. The fourth-order valence-electron chi connectivity index (χ4n) is 4.06. The largest absolute Gasteiger partial charge is 0.352 e. The molecule has 8 heteroatoms. The molecular weight excluding hydrogens is 436 g/mol. The number of anilines is 1. The van der Waals surface area contributed by atoms with Crippen LogP contribution in [0.3, 0.4) is 0 Å². The number of benzene rings is 1. The predicted molar refractivity (Wildman–Crippen MR) is 132 cm³/mol. The number of nitrogens with zero attached hydrogens (tertiary/aromatic N) is 2. The van der Waals surface area contributed by atoms with Crippen LogP contribution in [-0.4, -0.2) is 21.4 Å². The number of hydrogen-bond acceptors (Lipinski definition) is 5. The van der Waals surface area contributed by atoms with Gasteiger partial charge in [0.1, 0.15) is 4.83 Å². The number of amides is 2. The Morgan fingerprint density at radius 1 is 1.24 bits per heavy atom. The van der Waals surface area contributed by atoms with Gasteiger partial charge >= 0.3 is 0 Å². The van der Waals surface area contributed by atoms with Crippen molar-refractivity contribution in [3.63, 3.8) is 0 Å². The fraction of sp³-hybridized carbons (Fsp3) is 0.440. The number of rotatable bonds is 8. The van der Waals surface area contributed by atoms with Gasteiger partial charge in [-0.2, -0.15) is 0 Å². The normalized spacial score (nSPS) is 14.0. The molecule has 0 saturated carbocycles. The number of thiophene rings is 1. The highest BCUT2D eigenvalue weighted by Crippen LogP contribution is 2.33. The summed E-state index contributed by atoms with van der Waals surface area (Å²) in [5.41, 5.74) is 2.74. The van der Waals surface area contributed by atoms with E-state index in [0.717, 1.165) is 52.7 Å². The van der Waals surface area contributed by atoms with Gasteiger partial charge in [-0.05, 0) is 55.4 Å². The molecule has 1 aliphatic rings. The number of aryl methyl sites for hydroxylation is 3. The first-order valence-corrected chi connectivity index (χ1v) is 12.4. The Morgan fingerprint density at radius 3 is 2.88 bits per heavy atom. The molecule has 0 fully saturated rings. The van der Waals surface area contributed by atoms with E-state index >= 15 is 0 Å². The fourth-order valence-corrected chi connectivity index (χ4v) is 5.28. The number of hydrogen-bond donors (Lipinski definition) is 2. The van der Waals surface area contributed by atoms with E-state index in [2.05, 4.69) is 15.6 Å². The van der Waals surface area contributed by atoms with Crippen molar-refractivity contribution in [2.75, 3.05) is 5.32 Å². The SMILES string of the molecule is CCC(C)C(=O)Nc1cccc(CNC(=O)CCn2cnc3sc4c(c3c2=O)CCCC4)c1. The van der Waals surface area contributed by atoms with Crippen LogP contribution in [0.1, 0.15) is 55.5 Å². The molecule has 7 nitrogen and oxygen atoms in total. The Kier molecular flexibility index (Phi) is 7.23. The Hall–Kier alpha value is -3.00. The van der Waals surface area contributed by atoms with Crippen LogP contribution in [0.5, 0.6) is 0 Å². The summed E-state index contributed by atoms with van der Waals surface area (Å²) in [7, 11) is 0. The minimum Gasteiger partial charge on any atom is -0.352 e. The molecule has 1 unspecified atom stereocenters. The van der Waals surface area contributed by atoms with E-state index in [1.807, 2.05) is 38.1 Å². The molecule has 2 heterocycles. The van der Waals surface area contributed by atoms with Crippen LogP contribution in [0, 0.1) is 5.92 Å². The van der Waals surface area contributed by atoms with Crippen molar-refractivity contribution in [2.45, 2.75) is 65.5 Å². The molecule has 2 N–H and O–H groups in total. The van der Waals surface area contributed by atoms with Gasteiger partial charge in [-0.15, -0.1) is 11.3 Å². The number of fused-ring (bicyclic) bond motifs is 3. The number of aromatic nitrogens is 2. The van der Waals surface area contributed by atoms with Gasteiger partial charge in [-0.1, -0.05) is 26.0 Å². The maximum absolute atomic E-state index is 13.0. The summed E-state index contributed by atoms with van der Waals surface area (Å²) in [6.07, 6.45) is 6.78. The molecule has 0 aliphatic heterocycles. The Bertz CT molecular complexity index is 1230. The molecule has 1 atom stereocenters. The zero-order valence-electron chi connectivity index (χ0n) is 19.1. The number of carbonyl (C=O) groups is 2. The zero-order chi connectivity index (χ0) is 23.4. The molecular formula is C25H30N4O3S. The molecule has 2 aromatic heterocycles. The lowest BCUT2D eigenvalue weighted by Crippen LogP contribution is -2.27. The first-order valence-electron chi connectivity index (χ1n) is 11.6. The monoisotopic (exact) mass is 466 g/mol. The summed E-state index contributed by atoms with van der Waals surface area (Å²) < 4.78 is 1.55. The standard InChI is InChI=1S/C25H30N4O3S/c1-3-16(2)23(31)28-18-8-6-7-17(13-18)14-26-21(30)11-12-29-15-27-24-22(25(29)32)19-9-4-5-10-20(19)33-24/h6-8,13,15-16H,3-5,9-12,14H2,1-2H3,(H,26,30)(H,28,31). The van der Waals surface area contributed by atoms with Crippen molar-refractivity contribution in [3.8, 4) is 0 Å². The number of nitrogens with one attached hydrogen (secondary N) is 2. The Morgan fingerprint density at radius 2 is 2.06 bits per heavy atom. The summed E-state index contributed by atoms with van der Waals surface area (Å²) >= 11 is 1.63. The maximum atomic E-state index is 13.0. The average molecular weight is 467 g/mol. The van der Waals surface area contributed by atoms with Gasteiger partial charge in [0.2, 0.25) is 11.8 Å². The first kappa shape index (κ1) is 23.2. The van der Waals surface area contributed by atoms with Crippen LogP contribution >= 0.6 is 11.3 Å². The second-order valence-electron chi connectivity index (χ2n) is 8.66. The average Bonchev–Trinajstić information content (AvgIpc) is 3.21.